The summed E-state index contributed by atoms with van der Waals surface area (Å²) < 4.78 is 32.3. The van der Waals surface area contributed by atoms with Gasteiger partial charge in [-0.15, -0.1) is 0 Å². The van der Waals surface area contributed by atoms with Gasteiger partial charge in [-0.3, -0.25) is 4.79 Å². The molecule has 3 saturated heterocycles. The number of carbonyl (C=O) groups is 1. The number of hydrogen-bond acceptors (Lipinski definition) is 13. The van der Waals surface area contributed by atoms with Crippen LogP contribution in [0.3, 0.4) is 0 Å². The molecule has 312 valence electrons. The van der Waals surface area contributed by atoms with Crippen LogP contribution in [0.1, 0.15) is 128 Å². The van der Waals surface area contributed by atoms with E-state index in [-0.39, 0.29) is 31.1 Å². The Bertz CT molecular complexity index is 1140. The van der Waals surface area contributed by atoms with Crippen LogP contribution in [0.15, 0.2) is 0 Å². The van der Waals surface area contributed by atoms with E-state index in [1.165, 1.54) is 6.92 Å². The van der Waals surface area contributed by atoms with Crippen molar-refractivity contribution in [2.75, 3.05) is 19.6 Å². The molecule has 0 aromatic rings. The third-order valence-electron chi connectivity index (χ3n) is 12.5. The van der Waals surface area contributed by atoms with Crippen LogP contribution in [-0.4, -0.2) is 129 Å². The Morgan fingerprint density at radius 3 is 2.19 bits per heavy atom. The summed E-state index contributed by atoms with van der Waals surface area (Å²) in [5, 5.41) is 65.0. The third kappa shape index (κ3) is 11.6. The van der Waals surface area contributed by atoms with E-state index in [1.807, 2.05) is 34.6 Å². The number of carbonyl (C=O) groups excluding carboxylic acids is 1. The minimum absolute atomic E-state index is 0.126. The van der Waals surface area contributed by atoms with Gasteiger partial charge >= 0.3 is 5.97 Å². The van der Waals surface area contributed by atoms with Crippen LogP contribution in [0, 0.1) is 23.7 Å². The van der Waals surface area contributed by atoms with Crippen molar-refractivity contribution in [1.29, 1.82) is 0 Å². The molecule has 0 bridgehead atoms. The molecule has 3 rings (SSSR count). The minimum Gasteiger partial charge on any atom is -0.459 e. The summed E-state index contributed by atoms with van der Waals surface area (Å²) in [6.07, 6.45) is -4.30. The second-order valence-electron chi connectivity index (χ2n) is 17.7. The Morgan fingerprint density at radius 2 is 1.60 bits per heavy atom. The van der Waals surface area contributed by atoms with Gasteiger partial charge in [0.25, 0.3) is 0 Å². The Morgan fingerprint density at radius 1 is 0.943 bits per heavy atom. The number of cyclic esters (lactones) is 1. The predicted molar refractivity (Wildman–Crippen MR) is 202 cm³/mol. The molecule has 3 heterocycles. The molecule has 0 radical (unpaired) electrons. The second kappa shape index (κ2) is 19.0. The molecule has 0 aliphatic carbocycles. The summed E-state index contributed by atoms with van der Waals surface area (Å²) in [6.45, 7) is 23.7. The molecule has 53 heavy (non-hydrogen) atoms. The van der Waals surface area contributed by atoms with Crippen molar-refractivity contribution in [3.8, 4) is 0 Å². The molecule has 0 aromatic heterocycles. The zero-order valence-electron chi connectivity index (χ0n) is 34.8. The normalized spacial score (nSPS) is 48.4. The number of nitrogens with one attached hydrogen (secondary N) is 2. The smallest absolute Gasteiger partial charge is 0.311 e. The predicted octanol–water partition coefficient (Wildman–Crippen LogP) is 3.40. The van der Waals surface area contributed by atoms with Gasteiger partial charge in [-0.05, 0) is 106 Å². The molecule has 0 aromatic carbocycles. The molecule has 3 aliphatic rings. The number of aliphatic hydroxyl groups excluding tert-OH is 2. The first-order valence-corrected chi connectivity index (χ1v) is 20.3. The summed E-state index contributed by atoms with van der Waals surface area (Å²) in [5.41, 5.74) is -5.02. The molecule has 7 N–H and O–H groups in total. The first-order valence-electron chi connectivity index (χ1n) is 20.3. The lowest BCUT2D eigenvalue weighted by Gasteiger charge is -2.49. The Balaban J connectivity index is 2.10. The molecule has 17 atom stereocenters. The SMILES string of the molecule is CCCNCC1[C@H](C)O[C@@H](O[C@H]2[C@H](C)[C@@H](O[C@@H]3OC(C)(CC)CC[C@H]3O)[C@](C)(O)C[C@@H](C)CN[C@H](C)[C@@H](O)[C@](C)(O)[C@@H](CC)OC(=O)[C@@H]2C)C[C@@]1(C)O. The fourth-order valence-electron chi connectivity index (χ4n) is 8.78. The lowest BCUT2D eigenvalue weighted by atomic mass is 9.77. The Kier molecular flexibility index (Phi) is 16.6. The Labute approximate surface area is 319 Å². The molecule has 3 fully saturated rings. The van der Waals surface area contributed by atoms with Crippen LogP contribution >= 0.6 is 0 Å². The molecule has 0 saturated carbocycles. The first-order chi connectivity index (χ1) is 24.5. The molecule has 0 amide bonds. The van der Waals surface area contributed by atoms with Gasteiger partial charge in [0.05, 0.1) is 41.0 Å². The van der Waals surface area contributed by atoms with Crippen molar-refractivity contribution in [3.63, 3.8) is 0 Å². The highest BCUT2D eigenvalue weighted by Crippen LogP contribution is 2.41. The van der Waals surface area contributed by atoms with Crippen molar-refractivity contribution >= 4 is 5.97 Å². The monoisotopic (exact) mass is 761 g/mol. The average molecular weight is 761 g/mol. The molecular weight excluding hydrogens is 684 g/mol. The fraction of sp³-hybridized carbons (Fsp3) is 0.975. The van der Waals surface area contributed by atoms with Crippen LogP contribution in [0.4, 0.5) is 0 Å². The molecular formula is C40H76N2O11. The van der Waals surface area contributed by atoms with E-state index in [0.29, 0.717) is 32.4 Å². The number of esters is 1. The highest BCUT2D eigenvalue weighted by atomic mass is 16.7. The van der Waals surface area contributed by atoms with E-state index >= 15 is 0 Å². The van der Waals surface area contributed by atoms with E-state index in [9.17, 15) is 30.3 Å². The summed E-state index contributed by atoms with van der Waals surface area (Å²) in [4.78, 5) is 14.2. The van der Waals surface area contributed by atoms with Crippen molar-refractivity contribution in [1.82, 2.24) is 10.6 Å². The van der Waals surface area contributed by atoms with Crippen molar-refractivity contribution in [3.05, 3.63) is 0 Å². The maximum Gasteiger partial charge on any atom is 0.311 e. The second-order valence-corrected chi connectivity index (χ2v) is 17.7. The van der Waals surface area contributed by atoms with Crippen molar-refractivity contribution in [2.45, 2.75) is 206 Å². The summed E-state index contributed by atoms with van der Waals surface area (Å²) >= 11 is 0. The summed E-state index contributed by atoms with van der Waals surface area (Å²) in [6, 6.07) is -0.577. The number of rotatable bonds is 10. The van der Waals surface area contributed by atoms with E-state index < -0.39 is 95.5 Å². The van der Waals surface area contributed by atoms with Crippen LogP contribution in [-0.2, 0) is 28.5 Å². The minimum atomic E-state index is -1.79. The number of hydrogen-bond donors (Lipinski definition) is 7. The lowest BCUT2D eigenvalue weighted by molar-refractivity contribution is -0.321. The molecule has 2 unspecified atom stereocenters. The van der Waals surface area contributed by atoms with Crippen molar-refractivity contribution in [2.24, 2.45) is 23.7 Å². The highest BCUT2D eigenvalue weighted by Gasteiger charge is 2.52. The average Bonchev–Trinajstić information content (AvgIpc) is 3.08. The summed E-state index contributed by atoms with van der Waals surface area (Å²) in [7, 11) is 0. The van der Waals surface area contributed by atoms with E-state index in [2.05, 4.69) is 17.6 Å². The van der Waals surface area contributed by atoms with E-state index in [0.717, 1.165) is 13.0 Å². The first kappa shape index (κ1) is 46.4. The van der Waals surface area contributed by atoms with Gasteiger partial charge in [0.1, 0.15) is 23.9 Å². The topological polar surface area (TPSA) is 188 Å². The number of ether oxygens (including phenoxy) is 5. The molecule has 13 heteroatoms. The van der Waals surface area contributed by atoms with Crippen LogP contribution < -0.4 is 10.6 Å². The Hall–Kier alpha value is -0.970. The van der Waals surface area contributed by atoms with Gasteiger partial charge in [0.15, 0.2) is 12.6 Å². The quantitative estimate of drug-likeness (QED) is 0.127. The highest BCUT2D eigenvalue weighted by molar-refractivity contribution is 5.73. The third-order valence-corrected chi connectivity index (χ3v) is 12.5. The largest absolute Gasteiger partial charge is 0.459 e. The van der Waals surface area contributed by atoms with Gasteiger partial charge in [0.2, 0.25) is 0 Å². The zero-order valence-corrected chi connectivity index (χ0v) is 34.8. The lowest BCUT2D eigenvalue weighted by Crippen LogP contribution is -2.59. The van der Waals surface area contributed by atoms with Gasteiger partial charge in [0, 0.05) is 30.8 Å². The van der Waals surface area contributed by atoms with Gasteiger partial charge < -0.3 is 59.9 Å². The standard InChI is InChI=1S/C40H76N2O11/c1-13-18-41-22-28-27(8)49-31(20-38(28,10)46)51-32-24(5)34(52-36-29(43)16-17-37(9,15-3)53-36)39(11,47)19-23(4)21-42-26(7)33(44)40(12,48)30(14-2)50-35(45)25(32)6/h23-34,36,41-44,46-48H,13-22H2,1-12H3/t23-,24+,25-,26-,27+,28?,29-,30-,31+,32+,33-,34-,36-,37?,38-,39-,40-/m1/s1. The number of aliphatic hydroxyl groups is 5. The van der Waals surface area contributed by atoms with Gasteiger partial charge in [-0.1, -0.05) is 34.6 Å². The maximum atomic E-state index is 14.2. The summed E-state index contributed by atoms with van der Waals surface area (Å²) in [5.74, 6) is -2.74. The van der Waals surface area contributed by atoms with Gasteiger partial charge in [-0.25, -0.2) is 0 Å². The van der Waals surface area contributed by atoms with E-state index in [1.54, 1.807) is 34.6 Å². The van der Waals surface area contributed by atoms with Crippen LogP contribution in [0.2, 0.25) is 0 Å². The van der Waals surface area contributed by atoms with Crippen LogP contribution in [0.25, 0.3) is 0 Å². The van der Waals surface area contributed by atoms with Crippen LogP contribution in [0.5, 0.6) is 0 Å². The van der Waals surface area contributed by atoms with Crippen molar-refractivity contribution < 1.29 is 54.0 Å². The maximum absolute atomic E-state index is 14.2. The molecule has 0 spiro atoms. The zero-order chi connectivity index (χ0) is 40.1. The molecule has 3 aliphatic heterocycles. The van der Waals surface area contributed by atoms with Gasteiger partial charge in [-0.2, -0.15) is 0 Å². The fourth-order valence-corrected chi connectivity index (χ4v) is 8.78. The van der Waals surface area contributed by atoms with E-state index in [4.69, 9.17) is 23.7 Å². The molecule has 13 nitrogen and oxygen atoms in total.